The molecule has 34 heavy (non-hydrogen) atoms. The number of rotatable bonds is 7. The van der Waals surface area contributed by atoms with Gasteiger partial charge in [-0.05, 0) is 71.1 Å². The lowest BCUT2D eigenvalue weighted by Gasteiger charge is -2.43. The molecule has 2 heterocycles. The zero-order valence-corrected chi connectivity index (χ0v) is 20.3. The van der Waals surface area contributed by atoms with Gasteiger partial charge in [0.1, 0.15) is 17.3 Å². The molecule has 3 aromatic rings. The molecule has 0 bridgehead atoms. The Morgan fingerprint density at radius 2 is 2.00 bits per heavy atom. The van der Waals surface area contributed by atoms with Crippen molar-refractivity contribution >= 4 is 16.9 Å². The second kappa shape index (κ2) is 9.97. The van der Waals surface area contributed by atoms with Gasteiger partial charge in [0, 0.05) is 34.8 Å². The van der Waals surface area contributed by atoms with Crippen LogP contribution in [0.5, 0.6) is 5.75 Å². The zero-order valence-electron chi connectivity index (χ0n) is 20.3. The third-order valence-corrected chi connectivity index (χ3v) is 7.22. The molecule has 180 valence electrons. The monoisotopic (exact) mass is 461 g/mol. The van der Waals surface area contributed by atoms with Crippen LogP contribution in [-0.4, -0.2) is 43.9 Å². The van der Waals surface area contributed by atoms with Crippen molar-refractivity contribution in [3.8, 4) is 17.0 Å². The predicted molar refractivity (Wildman–Crippen MR) is 137 cm³/mol. The van der Waals surface area contributed by atoms with Gasteiger partial charge in [0.25, 0.3) is 5.56 Å². The van der Waals surface area contributed by atoms with E-state index in [-0.39, 0.29) is 22.8 Å². The van der Waals surface area contributed by atoms with E-state index >= 15 is 0 Å². The van der Waals surface area contributed by atoms with Crippen molar-refractivity contribution in [3.63, 3.8) is 0 Å². The zero-order chi connectivity index (χ0) is 24.4. The van der Waals surface area contributed by atoms with E-state index in [0.717, 1.165) is 18.4 Å². The standard InChI is InChI=1S/C27H35N5O2/c1-16-7-4-8-17(2)32(16)18(3)9-5-12-21-23(33)14-13-22-25(21)31-27(34)24(30-22)19-10-6-11-20(15-19)26(28)29/h6,10-11,13-18,33H,4-5,7-9,12H2,1-3H3,(H3,28,29)(H,31,34). The first-order valence-electron chi connectivity index (χ1n) is 12.2. The fourth-order valence-electron chi connectivity index (χ4n) is 5.52. The number of nitrogens with two attached hydrogens (primary N) is 1. The minimum atomic E-state index is -0.329. The van der Waals surface area contributed by atoms with E-state index in [9.17, 15) is 9.90 Å². The van der Waals surface area contributed by atoms with Crippen LogP contribution < -0.4 is 11.3 Å². The van der Waals surface area contributed by atoms with Crippen LogP contribution in [0, 0.1) is 5.41 Å². The number of aromatic hydroxyl groups is 1. The van der Waals surface area contributed by atoms with Crippen molar-refractivity contribution in [2.45, 2.75) is 77.4 Å². The van der Waals surface area contributed by atoms with Crippen LogP contribution in [0.2, 0.25) is 0 Å². The molecule has 7 heteroatoms. The summed E-state index contributed by atoms with van der Waals surface area (Å²) in [6.07, 6.45) is 6.41. The molecule has 4 rings (SSSR count). The number of benzene rings is 2. The highest BCUT2D eigenvalue weighted by Crippen LogP contribution is 2.30. The van der Waals surface area contributed by atoms with Gasteiger partial charge in [-0.1, -0.05) is 24.6 Å². The minimum Gasteiger partial charge on any atom is -0.508 e. The molecule has 3 unspecified atom stereocenters. The Bertz CT molecular complexity index is 1240. The molecular formula is C27H35N5O2. The summed E-state index contributed by atoms with van der Waals surface area (Å²) in [6.45, 7) is 6.94. The molecule has 2 aromatic carbocycles. The first kappa shape index (κ1) is 24.0. The maximum atomic E-state index is 12.9. The van der Waals surface area contributed by atoms with Gasteiger partial charge in [-0.3, -0.25) is 15.1 Å². The van der Waals surface area contributed by atoms with Crippen LogP contribution in [0.1, 0.15) is 64.0 Å². The Morgan fingerprint density at radius 3 is 2.71 bits per heavy atom. The number of aromatic amines is 1. The second-order valence-electron chi connectivity index (χ2n) is 9.68. The minimum absolute atomic E-state index is 0.0613. The lowest BCUT2D eigenvalue weighted by Crippen LogP contribution is -2.48. The third-order valence-electron chi connectivity index (χ3n) is 7.22. The third kappa shape index (κ3) is 4.85. The number of phenolic OH excluding ortho intramolecular Hbond substituents is 1. The molecule has 1 saturated heterocycles. The lowest BCUT2D eigenvalue weighted by atomic mass is 9.93. The maximum Gasteiger partial charge on any atom is 0.274 e. The highest BCUT2D eigenvalue weighted by molar-refractivity contribution is 5.96. The Labute approximate surface area is 200 Å². The van der Waals surface area contributed by atoms with Gasteiger partial charge in [0.15, 0.2) is 0 Å². The summed E-state index contributed by atoms with van der Waals surface area (Å²) >= 11 is 0. The number of aryl methyl sites for hydroxylation is 1. The quantitative estimate of drug-likeness (QED) is 0.304. The number of hydrogen-bond donors (Lipinski definition) is 4. The molecule has 7 nitrogen and oxygen atoms in total. The van der Waals surface area contributed by atoms with Crippen LogP contribution in [-0.2, 0) is 6.42 Å². The number of aromatic nitrogens is 2. The SMILES string of the molecule is CC(CCCc1c(O)ccc2nc(-c3cccc(C(=N)N)c3)c(=O)[nH]c12)N1C(C)CCCC1C. The van der Waals surface area contributed by atoms with E-state index in [2.05, 4.69) is 35.6 Å². The highest BCUT2D eigenvalue weighted by Gasteiger charge is 2.28. The van der Waals surface area contributed by atoms with E-state index < -0.39 is 0 Å². The smallest absolute Gasteiger partial charge is 0.274 e. The Kier molecular flexibility index (Phi) is 7.03. The summed E-state index contributed by atoms with van der Waals surface area (Å²) in [6, 6.07) is 12.0. The summed E-state index contributed by atoms with van der Waals surface area (Å²) in [5, 5.41) is 18.2. The number of nitrogens with one attached hydrogen (secondary N) is 2. The van der Waals surface area contributed by atoms with Gasteiger partial charge in [-0.25, -0.2) is 4.98 Å². The Balaban J connectivity index is 1.57. The number of phenols is 1. The largest absolute Gasteiger partial charge is 0.508 e. The molecule has 0 amide bonds. The van der Waals surface area contributed by atoms with Crippen molar-refractivity contribution in [2.75, 3.05) is 0 Å². The van der Waals surface area contributed by atoms with Crippen LogP contribution in [0.15, 0.2) is 41.2 Å². The molecule has 1 aliphatic heterocycles. The van der Waals surface area contributed by atoms with Crippen LogP contribution in [0.4, 0.5) is 0 Å². The molecule has 0 spiro atoms. The van der Waals surface area contributed by atoms with Gasteiger partial charge >= 0.3 is 0 Å². The second-order valence-corrected chi connectivity index (χ2v) is 9.68. The van der Waals surface area contributed by atoms with E-state index in [4.69, 9.17) is 11.1 Å². The van der Waals surface area contributed by atoms with Gasteiger partial charge in [0.05, 0.1) is 11.0 Å². The number of nitrogens with zero attached hydrogens (tertiary/aromatic N) is 2. The van der Waals surface area contributed by atoms with Gasteiger partial charge in [-0.2, -0.15) is 0 Å². The van der Waals surface area contributed by atoms with Crippen LogP contribution >= 0.6 is 0 Å². The van der Waals surface area contributed by atoms with Gasteiger partial charge < -0.3 is 15.8 Å². The van der Waals surface area contributed by atoms with Crippen molar-refractivity contribution in [2.24, 2.45) is 5.73 Å². The number of piperidine rings is 1. The number of hydrogen-bond acceptors (Lipinski definition) is 5. The fraction of sp³-hybridized carbons (Fsp3) is 0.444. The van der Waals surface area contributed by atoms with Crippen molar-refractivity contribution in [1.82, 2.24) is 14.9 Å². The average Bonchev–Trinajstić information content (AvgIpc) is 2.80. The lowest BCUT2D eigenvalue weighted by molar-refractivity contribution is 0.0580. The molecule has 0 radical (unpaired) electrons. The number of H-pyrrole nitrogens is 1. The van der Waals surface area contributed by atoms with Crippen LogP contribution in [0.3, 0.4) is 0 Å². The number of fused-ring (bicyclic) bond motifs is 1. The number of nitrogen functional groups attached to an aromatic ring is 1. The summed E-state index contributed by atoms with van der Waals surface area (Å²) in [5.74, 6) is 0.123. The van der Waals surface area contributed by atoms with Crippen molar-refractivity contribution in [3.05, 3.63) is 57.9 Å². The predicted octanol–water partition coefficient (Wildman–Crippen LogP) is 4.55. The summed E-state index contributed by atoms with van der Waals surface area (Å²) in [4.78, 5) is 23.2. The van der Waals surface area contributed by atoms with E-state index in [1.807, 2.05) is 0 Å². The summed E-state index contributed by atoms with van der Waals surface area (Å²) < 4.78 is 0. The highest BCUT2D eigenvalue weighted by atomic mass is 16.3. The molecular weight excluding hydrogens is 426 g/mol. The van der Waals surface area contributed by atoms with Crippen molar-refractivity contribution < 1.29 is 5.11 Å². The normalized spacial score (nSPS) is 19.9. The number of amidine groups is 1. The van der Waals surface area contributed by atoms with Gasteiger partial charge in [-0.15, -0.1) is 0 Å². The first-order chi connectivity index (χ1) is 16.3. The topological polar surface area (TPSA) is 119 Å². The fourth-order valence-corrected chi connectivity index (χ4v) is 5.52. The number of likely N-dealkylation sites (tertiary alicyclic amines) is 1. The maximum absolute atomic E-state index is 12.9. The summed E-state index contributed by atoms with van der Waals surface area (Å²) in [5.41, 5.74) is 8.63. The molecule has 0 saturated carbocycles. The molecule has 1 aromatic heterocycles. The Hall–Kier alpha value is -3.19. The van der Waals surface area contributed by atoms with E-state index in [1.54, 1.807) is 36.4 Å². The van der Waals surface area contributed by atoms with Crippen LogP contribution in [0.25, 0.3) is 22.3 Å². The summed E-state index contributed by atoms with van der Waals surface area (Å²) in [7, 11) is 0. The van der Waals surface area contributed by atoms with E-state index in [0.29, 0.717) is 46.7 Å². The van der Waals surface area contributed by atoms with E-state index in [1.165, 1.54) is 19.3 Å². The average molecular weight is 462 g/mol. The van der Waals surface area contributed by atoms with Crippen molar-refractivity contribution in [1.29, 1.82) is 5.41 Å². The van der Waals surface area contributed by atoms with Gasteiger partial charge in [0.2, 0.25) is 0 Å². The first-order valence-corrected chi connectivity index (χ1v) is 12.2. The Morgan fingerprint density at radius 1 is 1.26 bits per heavy atom. The molecule has 1 fully saturated rings. The molecule has 3 atom stereocenters. The molecule has 5 N–H and O–H groups in total. The molecule has 1 aliphatic rings. The molecule has 0 aliphatic carbocycles.